The number of halogens is 3. The van der Waals surface area contributed by atoms with Crippen molar-refractivity contribution in [3.8, 4) is 11.4 Å². The Balaban J connectivity index is 1.73. The standard InChI is InChI=1S/C17H14F3N5O2S/c1-9(16(26)21-13-8-7-12(18)14(19)15(13)20)28-17-22-23-24-25(17)10-3-5-11(27-2)6-4-10/h3-9H,1-2H3,(H,21,26). The quantitative estimate of drug-likeness (QED) is 0.497. The molecule has 1 unspecified atom stereocenters. The Morgan fingerprint density at radius 3 is 2.54 bits per heavy atom. The summed E-state index contributed by atoms with van der Waals surface area (Å²) in [5.74, 6) is -4.42. The second-order valence-corrected chi connectivity index (χ2v) is 6.85. The van der Waals surface area contributed by atoms with Gasteiger partial charge in [-0.3, -0.25) is 4.79 Å². The Bertz CT molecular complexity index is 997. The first-order chi connectivity index (χ1) is 13.4. The molecular formula is C17H14F3N5O2S. The highest BCUT2D eigenvalue weighted by molar-refractivity contribution is 8.00. The molecule has 1 aromatic heterocycles. The van der Waals surface area contributed by atoms with Crippen molar-refractivity contribution in [3.05, 3.63) is 53.8 Å². The van der Waals surface area contributed by atoms with E-state index in [1.165, 1.54) is 4.68 Å². The summed E-state index contributed by atoms with van der Waals surface area (Å²) >= 11 is 1.02. The van der Waals surface area contributed by atoms with E-state index in [0.717, 1.165) is 23.9 Å². The number of hydrogen-bond donors (Lipinski definition) is 1. The highest BCUT2D eigenvalue weighted by Gasteiger charge is 2.22. The average Bonchev–Trinajstić information content (AvgIpc) is 3.16. The Labute approximate surface area is 161 Å². The molecule has 1 N–H and O–H groups in total. The second kappa shape index (κ2) is 8.30. The van der Waals surface area contributed by atoms with Gasteiger partial charge < -0.3 is 10.1 Å². The van der Waals surface area contributed by atoms with Gasteiger partial charge in [-0.2, -0.15) is 4.68 Å². The molecular weight excluding hydrogens is 395 g/mol. The van der Waals surface area contributed by atoms with Gasteiger partial charge in [-0.25, -0.2) is 13.2 Å². The van der Waals surface area contributed by atoms with Crippen LogP contribution in [0.1, 0.15) is 6.92 Å². The topological polar surface area (TPSA) is 81.9 Å². The summed E-state index contributed by atoms with van der Waals surface area (Å²) in [4.78, 5) is 12.3. The first-order valence-electron chi connectivity index (χ1n) is 7.94. The number of tetrazole rings is 1. The summed E-state index contributed by atoms with van der Waals surface area (Å²) < 4.78 is 46.5. The molecule has 11 heteroatoms. The number of methoxy groups -OCH3 is 1. The predicted molar refractivity (Wildman–Crippen MR) is 96.0 cm³/mol. The summed E-state index contributed by atoms with van der Waals surface area (Å²) in [6, 6.07) is 8.61. The van der Waals surface area contributed by atoms with Crippen LogP contribution in [0, 0.1) is 17.5 Å². The Kier molecular flexibility index (Phi) is 5.83. The number of carbonyl (C=O) groups excluding carboxylic acids is 1. The number of thioether (sulfide) groups is 1. The van der Waals surface area contributed by atoms with E-state index in [1.54, 1.807) is 38.3 Å². The van der Waals surface area contributed by atoms with Crippen molar-refractivity contribution >= 4 is 23.4 Å². The molecule has 7 nitrogen and oxygen atoms in total. The number of nitrogens with zero attached hydrogens (tertiary/aromatic N) is 4. The minimum Gasteiger partial charge on any atom is -0.497 e. The minimum atomic E-state index is -1.65. The van der Waals surface area contributed by atoms with Crippen LogP contribution in [0.2, 0.25) is 0 Å². The van der Waals surface area contributed by atoms with Crippen LogP contribution in [0.3, 0.4) is 0 Å². The van der Waals surface area contributed by atoms with E-state index in [4.69, 9.17) is 4.74 Å². The maximum Gasteiger partial charge on any atom is 0.237 e. The lowest BCUT2D eigenvalue weighted by Gasteiger charge is -2.12. The van der Waals surface area contributed by atoms with E-state index in [1.807, 2.05) is 0 Å². The third-order valence-corrected chi connectivity index (χ3v) is 4.74. The van der Waals surface area contributed by atoms with Crippen molar-refractivity contribution in [1.82, 2.24) is 20.2 Å². The molecule has 3 aromatic rings. The number of rotatable bonds is 6. The van der Waals surface area contributed by atoms with Crippen LogP contribution >= 0.6 is 11.8 Å². The predicted octanol–water partition coefficient (Wildman–Crippen LogP) is 3.21. The molecule has 0 saturated heterocycles. The fourth-order valence-electron chi connectivity index (χ4n) is 2.21. The Hall–Kier alpha value is -3.08. The van der Waals surface area contributed by atoms with Crippen LogP contribution in [0.15, 0.2) is 41.6 Å². The zero-order valence-corrected chi connectivity index (χ0v) is 15.5. The zero-order chi connectivity index (χ0) is 20.3. The molecule has 1 atom stereocenters. The van der Waals surface area contributed by atoms with Crippen LogP contribution in [-0.2, 0) is 4.79 Å². The number of carbonyl (C=O) groups is 1. The number of nitrogens with one attached hydrogen (secondary N) is 1. The molecule has 28 heavy (non-hydrogen) atoms. The summed E-state index contributed by atoms with van der Waals surface area (Å²) in [5, 5.41) is 13.2. The lowest BCUT2D eigenvalue weighted by molar-refractivity contribution is -0.115. The van der Waals surface area contributed by atoms with E-state index in [2.05, 4.69) is 20.8 Å². The third kappa shape index (κ3) is 4.09. The molecule has 0 bridgehead atoms. The van der Waals surface area contributed by atoms with Crippen molar-refractivity contribution in [2.24, 2.45) is 0 Å². The maximum atomic E-state index is 13.7. The van der Waals surface area contributed by atoms with Crippen LogP contribution in [0.5, 0.6) is 5.75 Å². The third-order valence-electron chi connectivity index (χ3n) is 3.70. The highest BCUT2D eigenvalue weighted by Crippen LogP contribution is 2.26. The lowest BCUT2D eigenvalue weighted by atomic mass is 10.2. The van der Waals surface area contributed by atoms with Gasteiger partial charge in [-0.15, -0.1) is 5.10 Å². The first kappa shape index (κ1) is 19.7. The molecule has 1 heterocycles. The van der Waals surface area contributed by atoms with Gasteiger partial charge in [0, 0.05) is 0 Å². The molecule has 0 saturated carbocycles. The molecule has 3 rings (SSSR count). The number of anilines is 1. The maximum absolute atomic E-state index is 13.7. The van der Waals surface area contributed by atoms with Crippen molar-refractivity contribution in [1.29, 1.82) is 0 Å². The SMILES string of the molecule is COc1ccc(-n2nnnc2SC(C)C(=O)Nc2ccc(F)c(F)c2F)cc1. The van der Waals surface area contributed by atoms with E-state index >= 15 is 0 Å². The van der Waals surface area contributed by atoms with Gasteiger partial charge >= 0.3 is 0 Å². The summed E-state index contributed by atoms with van der Waals surface area (Å²) in [6.07, 6.45) is 0. The number of hydrogen-bond acceptors (Lipinski definition) is 6. The highest BCUT2D eigenvalue weighted by atomic mass is 32.2. The van der Waals surface area contributed by atoms with Gasteiger partial charge in [-0.1, -0.05) is 11.8 Å². The number of amides is 1. The van der Waals surface area contributed by atoms with Crippen LogP contribution in [0.4, 0.5) is 18.9 Å². The van der Waals surface area contributed by atoms with Crippen LogP contribution < -0.4 is 10.1 Å². The Morgan fingerprint density at radius 2 is 1.86 bits per heavy atom. The first-order valence-corrected chi connectivity index (χ1v) is 8.82. The number of benzene rings is 2. The fraction of sp³-hybridized carbons (Fsp3) is 0.176. The summed E-state index contributed by atoms with van der Waals surface area (Å²) in [7, 11) is 1.55. The molecule has 0 radical (unpaired) electrons. The minimum absolute atomic E-state index is 0.318. The van der Waals surface area contributed by atoms with Gasteiger partial charge in [0.2, 0.25) is 11.1 Å². The largest absolute Gasteiger partial charge is 0.497 e. The van der Waals surface area contributed by atoms with Gasteiger partial charge in [0.1, 0.15) is 5.75 Å². The molecule has 2 aromatic carbocycles. The van der Waals surface area contributed by atoms with Gasteiger partial charge in [0.05, 0.1) is 23.7 Å². The smallest absolute Gasteiger partial charge is 0.237 e. The van der Waals surface area contributed by atoms with E-state index < -0.39 is 34.3 Å². The van der Waals surface area contributed by atoms with Crippen molar-refractivity contribution in [2.45, 2.75) is 17.3 Å². The van der Waals surface area contributed by atoms with Gasteiger partial charge in [-0.05, 0) is 53.7 Å². The molecule has 0 fully saturated rings. The summed E-state index contributed by atoms with van der Waals surface area (Å²) in [6.45, 7) is 1.55. The molecule has 1 amide bonds. The molecule has 146 valence electrons. The van der Waals surface area contributed by atoms with Gasteiger partial charge in [0.15, 0.2) is 17.5 Å². The zero-order valence-electron chi connectivity index (χ0n) is 14.7. The molecule has 0 spiro atoms. The van der Waals surface area contributed by atoms with E-state index in [-0.39, 0.29) is 0 Å². The Morgan fingerprint density at radius 1 is 1.14 bits per heavy atom. The van der Waals surface area contributed by atoms with Crippen LogP contribution in [0.25, 0.3) is 5.69 Å². The van der Waals surface area contributed by atoms with Gasteiger partial charge in [0.25, 0.3) is 0 Å². The molecule has 0 aliphatic heterocycles. The second-order valence-electron chi connectivity index (χ2n) is 5.54. The number of ether oxygens (including phenoxy) is 1. The number of aromatic nitrogens is 4. The fourth-order valence-corrected chi connectivity index (χ4v) is 3.01. The molecule has 0 aliphatic carbocycles. The van der Waals surface area contributed by atoms with Crippen molar-refractivity contribution in [2.75, 3.05) is 12.4 Å². The summed E-state index contributed by atoms with van der Waals surface area (Å²) in [5.41, 5.74) is 0.193. The normalized spacial score (nSPS) is 11.9. The monoisotopic (exact) mass is 409 g/mol. The van der Waals surface area contributed by atoms with Crippen molar-refractivity contribution < 1.29 is 22.7 Å². The average molecular weight is 409 g/mol. The van der Waals surface area contributed by atoms with Crippen molar-refractivity contribution in [3.63, 3.8) is 0 Å². The van der Waals surface area contributed by atoms with E-state index in [0.29, 0.717) is 16.6 Å². The molecule has 0 aliphatic rings. The lowest BCUT2D eigenvalue weighted by Crippen LogP contribution is -2.23. The van der Waals surface area contributed by atoms with Crippen LogP contribution in [-0.4, -0.2) is 38.5 Å². The van der Waals surface area contributed by atoms with E-state index in [9.17, 15) is 18.0 Å².